The number of hydrogen-bond donors (Lipinski definition) is 1. The quantitative estimate of drug-likeness (QED) is 0.912. The number of aromatic nitrogens is 2. The molecule has 0 aromatic carbocycles. The summed E-state index contributed by atoms with van der Waals surface area (Å²) in [5.74, 6) is 1.92. The molecule has 1 N–H and O–H groups in total. The maximum atomic E-state index is 11.5. The molecule has 2 fully saturated rings. The van der Waals surface area contributed by atoms with Crippen LogP contribution in [0.15, 0.2) is 0 Å². The highest BCUT2D eigenvalue weighted by Gasteiger charge is 2.31. The van der Waals surface area contributed by atoms with Gasteiger partial charge >= 0.3 is 0 Å². The van der Waals surface area contributed by atoms with E-state index in [0.29, 0.717) is 17.4 Å². The van der Waals surface area contributed by atoms with E-state index in [0.717, 1.165) is 51.2 Å². The second-order valence-corrected chi connectivity index (χ2v) is 9.47. The highest BCUT2D eigenvalue weighted by molar-refractivity contribution is 7.91. The number of hydrogen-bond acceptors (Lipinski definition) is 4. The van der Waals surface area contributed by atoms with Crippen LogP contribution in [0.3, 0.4) is 0 Å². The first-order valence-electron chi connectivity index (χ1n) is 8.59. The molecular formula is C16H25N3O2S. The summed E-state index contributed by atoms with van der Waals surface area (Å²) in [6.45, 7) is 3.20. The maximum Gasteiger partial charge on any atom is 0.150 e. The number of fused-ring (bicyclic) bond motifs is 1. The molecule has 0 amide bonds. The number of sulfone groups is 1. The molecule has 1 unspecified atom stereocenters. The van der Waals surface area contributed by atoms with Crippen molar-refractivity contribution in [2.24, 2.45) is 5.92 Å². The van der Waals surface area contributed by atoms with E-state index in [1.54, 1.807) is 0 Å². The molecule has 4 rings (SSSR count). The molecule has 2 aliphatic heterocycles. The summed E-state index contributed by atoms with van der Waals surface area (Å²) in [6.07, 6.45) is 6.65. The smallest absolute Gasteiger partial charge is 0.150 e. The van der Waals surface area contributed by atoms with Gasteiger partial charge in [-0.25, -0.2) is 8.42 Å². The zero-order valence-corrected chi connectivity index (χ0v) is 13.9. The van der Waals surface area contributed by atoms with Crippen LogP contribution in [0, 0.1) is 5.92 Å². The molecule has 3 aliphatic rings. The predicted molar refractivity (Wildman–Crippen MR) is 85.8 cm³/mol. The van der Waals surface area contributed by atoms with Gasteiger partial charge in [-0.05, 0) is 50.1 Å². The first kappa shape index (κ1) is 14.7. The molecule has 6 heteroatoms. The zero-order valence-electron chi connectivity index (χ0n) is 13.1. The summed E-state index contributed by atoms with van der Waals surface area (Å²) in [5.41, 5.74) is 4.15. The molecule has 1 aromatic rings. The van der Waals surface area contributed by atoms with Crippen molar-refractivity contribution in [1.82, 2.24) is 15.1 Å². The van der Waals surface area contributed by atoms with Gasteiger partial charge in [0, 0.05) is 31.1 Å². The summed E-state index contributed by atoms with van der Waals surface area (Å²) in [4.78, 5) is 2.51. The summed E-state index contributed by atoms with van der Waals surface area (Å²) in [5, 5.41) is 7.80. The van der Waals surface area contributed by atoms with Crippen LogP contribution in [0.4, 0.5) is 0 Å². The van der Waals surface area contributed by atoms with Crippen molar-refractivity contribution in [3.63, 3.8) is 0 Å². The Morgan fingerprint density at radius 2 is 2.00 bits per heavy atom. The standard InChI is InChI=1S/C16H25N3O2S/c20-22(21)10-6-12(11-22)3-7-19-8-4-14-15(5-9-19)17-18-16(14)13-1-2-13/h12-13H,1-11H2,(H,17,18). The Labute approximate surface area is 132 Å². The van der Waals surface area contributed by atoms with Gasteiger partial charge in [0.05, 0.1) is 17.2 Å². The van der Waals surface area contributed by atoms with Crippen molar-refractivity contribution in [2.45, 2.75) is 44.4 Å². The van der Waals surface area contributed by atoms with E-state index in [4.69, 9.17) is 0 Å². The van der Waals surface area contributed by atoms with Gasteiger partial charge in [-0.1, -0.05) is 0 Å². The molecule has 0 spiro atoms. The largest absolute Gasteiger partial charge is 0.303 e. The van der Waals surface area contributed by atoms with Gasteiger partial charge < -0.3 is 4.90 Å². The van der Waals surface area contributed by atoms with E-state index in [1.165, 1.54) is 29.8 Å². The van der Waals surface area contributed by atoms with Gasteiger partial charge in [-0.2, -0.15) is 5.10 Å². The fourth-order valence-electron chi connectivity index (χ4n) is 3.94. The zero-order chi connectivity index (χ0) is 15.2. The molecule has 1 aromatic heterocycles. The third-order valence-electron chi connectivity index (χ3n) is 5.49. The van der Waals surface area contributed by atoms with E-state index in [9.17, 15) is 8.42 Å². The lowest BCUT2D eigenvalue weighted by Gasteiger charge is -2.21. The van der Waals surface area contributed by atoms with Crippen LogP contribution in [0.1, 0.15) is 48.6 Å². The van der Waals surface area contributed by atoms with E-state index in [1.807, 2.05) is 0 Å². The van der Waals surface area contributed by atoms with E-state index in [2.05, 4.69) is 15.1 Å². The minimum Gasteiger partial charge on any atom is -0.303 e. The average Bonchev–Trinajstić information content (AvgIpc) is 3.21. The lowest BCUT2D eigenvalue weighted by Crippen LogP contribution is -2.29. The number of nitrogens with zero attached hydrogens (tertiary/aromatic N) is 2. The van der Waals surface area contributed by atoms with Gasteiger partial charge in [-0.3, -0.25) is 5.10 Å². The van der Waals surface area contributed by atoms with Crippen molar-refractivity contribution in [3.05, 3.63) is 17.0 Å². The molecule has 0 bridgehead atoms. The Bertz CT molecular complexity index is 648. The Balaban J connectivity index is 1.32. The van der Waals surface area contributed by atoms with Crippen molar-refractivity contribution in [2.75, 3.05) is 31.1 Å². The van der Waals surface area contributed by atoms with Gasteiger partial charge in [0.25, 0.3) is 0 Å². The number of H-pyrrole nitrogens is 1. The Hall–Kier alpha value is -0.880. The van der Waals surface area contributed by atoms with Gasteiger partial charge in [0.1, 0.15) is 0 Å². The lowest BCUT2D eigenvalue weighted by atomic mass is 10.0. The Morgan fingerprint density at radius 3 is 2.73 bits per heavy atom. The lowest BCUT2D eigenvalue weighted by molar-refractivity contribution is 0.266. The Morgan fingerprint density at radius 1 is 1.18 bits per heavy atom. The summed E-state index contributed by atoms with van der Waals surface area (Å²) >= 11 is 0. The van der Waals surface area contributed by atoms with Crippen molar-refractivity contribution in [1.29, 1.82) is 0 Å². The van der Waals surface area contributed by atoms with Crippen LogP contribution in [0.2, 0.25) is 0 Å². The van der Waals surface area contributed by atoms with Gasteiger partial charge in [-0.15, -0.1) is 0 Å². The molecule has 5 nitrogen and oxygen atoms in total. The van der Waals surface area contributed by atoms with Crippen molar-refractivity contribution in [3.8, 4) is 0 Å². The maximum absolute atomic E-state index is 11.5. The molecule has 1 saturated carbocycles. The van der Waals surface area contributed by atoms with Crippen LogP contribution >= 0.6 is 0 Å². The summed E-state index contributed by atoms with van der Waals surface area (Å²) < 4.78 is 23.1. The van der Waals surface area contributed by atoms with Gasteiger partial charge in [0.2, 0.25) is 0 Å². The second-order valence-electron chi connectivity index (χ2n) is 7.24. The average molecular weight is 323 g/mol. The minimum absolute atomic E-state index is 0.384. The summed E-state index contributed by atoms with van der Waals surface area (Å²) in [7, 11) is -2.73. The third-order valence-corrected chi connectivity index (χ3v) is 7.32. The Kier molecular flexibility index (Phi) is 3.77. The van der Waals surface area contributed by atoms with Crippen LogP contribution in [0.5, 0.6) is 0 Å². The molecule has 1 saturated heterocycles. The molecular weight excluding hydrogens is 298 g/mol. The first-order valence-corrected chi connectivity index (χ1v) is 10.4. The van der Waals surface area contributed by atoms with Crippen LogP contribution in [0.25, 0.3) is 0 Å². The molecule has 1 atom stereocenters. The monoisotopic (exact) mass is 323 g/mol. The van der Waals surface area contributed by atoms with Crippen molar-refractivity contribution >= 4 is 9.84 Å². The fourth-order valence-corrected chi connectivity index (χ4v) is 5.85. The first-order chi connectivity index (χ1) is 10.6. The second kappa shape index (κ2) is 5.64. The van der Waals surface area contributed by atoms with E-state index in [-0.39, 0.29) is 0 Å². The fraction of sp³-hybridized carbons (Fsp3) is 0.812. The van der Waals surface area contributed by atoms with Crippen LogP contribution < -0.4 is 0 Å². The van der Waals surface area contributed by atoms with Crippen LogP contribution in [-0.4, -0.2) is 54.7 Å². The number of aromatic amines is 1. The molecule has 22 heavy (non-hydrogen) atoms. The SMILES string of the molecule is O=S1(=O)CCC(CCN2CCc3[nH]nc(C4CC4)c3CC2)C1. The predicted octanol–water partition coefficient (Wildman–Crippen LogP) is 1.51. The van der Waals surface area contributed by atoms with E-state index < -0.39 is 9.84 Å². The number of nitrogens with one attached hydrogen (secondary N) is 1. The van der Waals surface area contributed by atoms with Crippen LogP contribution in [-0.2, 0) is 22.7 Å². The third kappa shape index (κ3) is 3.08. The molecule has 3 heterocycles. The van der Waals surface area contributed by atoms with Gasteiger partial charge in [0.15, 0.2) is 9.84 Å². The summed E-state index contributed by atoms with van der Waals surface area (Å²) in [6, 6.07) is 0. The minimum atomic E-state index is -2.73. The molecule has 1 aliphatic carbocycles. The normalized spacial score (nSPS) is 28.5. The van der Waals surface area contributed by atoms with E-state index >= 15 is 0 Å². The molecule has 0 radical (unpaired) electrons. The highest BCUT2D eigenvalue weighted by atomic mass is 32.2. The highest BCUT2D eigenvalue weighted by Crippen LogP contribution is 2.41. The topological polar surface area (TPSA) is 66.1 Å². The molecule has 122 valence electrons. The van der Waals surface area contributed by atoms with Crippen molar-refractivity contribution < 1.29 is 8.42 Å². The number of rotatable bonds is 4.